The Morgan fingerprint density at radius 3 is 2.63 bits per heavy atom. The lowest BCUT2D eigenvalue weighted by atomic mass is 10.1. The van der Waals surface area contributed by atoms with Gasteiger partial charge < -0.3 is 9.97 Å². The van der Waals surface area contributed by atoms with Gasteiger partial charge >= 0.3 is 0 Å². The van der Waals surface area contributed by atoms with Gasteiger partial charge in [0, 0.05) is 10.9 Å². The monoisotopic (exact) mass is 252 g/mol. The molecule has 0 bridgehead atoms. The number of benzene rings is 1. The maximum absolute atomic E-state index is 12.3. The van der Waals surface area contributed by atoms with Gasteiger partial charge in [-0.1, -0.05) is 18.2 Å². The first-order valence-electron chi connectivity index (χ1n) is 5.96. The van der Waals surface area contributed by atoms with Crippen molar-refractivity contribution < 1.29 is 9.59 Å². The van der Waals surface area contributed by atoms with Crippen LogP contribution in [0.5, 0.6) is 0 Å². The second-order valence-electron chi connectivity index (χ2n) is 4.50. The number of hydrogen-bond donors (Lipinski definition) is 2. The van der Waals surface area contributed by atoms with Crippen LogP contribution in [0.25, 0.3) is 10.9 Å². The first-order chi connectivity index (χ1) is 9.19. The van der Waals surface area contributed by atoms with E-state index in [2.05, 4.69) is 9.97 Å². The van der Waals surface area contributed by atoms with E-state index in [1.54, 1.807) is 12.1 Å². The normalized spacial score (nSPS) is 10.8. The van der Waals surface area contributed by atoms with E-state index in [1.165, 1.54) is 0 Å². The zero-order chi connectivity index (χ0) is 13.4. The summed E-state index contributed by atoms with van der Waals surface area (Å²) in [5.74, 6) is -0.149. The third-order valence-corrected chi connectivity index (χ3v) is 3.19. The number of aldehydes is 1. The molecule has 0 radical (unpaired) electrons. The van der Waals surface area contributed by atoms with Crippen LogP contribution in [0.1, 0.15) is 32.2 Å². The third kappa shape index (κ3) is 1.87. The highest BCUT2D eigenvalue weighted by Gasteiger charge is 2.14. The minimum absolute atomic E-state index is 0.149. The van der Waals surface area contributed by atoms with Gasteiger partial charge in [-0.2, -0.15) is 0 Å². The average Bonchev–Trinajstić information content (AvgIpc) is 3.05. The molecule has 4 nitrogen and oxygen atoms in total. The van der Waals surface area contributed by atoms with Crippen LogP contribution in [0, 0.1) is 6.92 Å². The number of para-hydroxylation sites is 1. The quantitative estimate of drug-likeness (QED) is 0.556. The van der Waals surface area contributed by atoms with Gasteiger partial charge in [0.1, 0.15) is 0 Å². The fourth-order valence-electron chi connectivity index (χ4n) is 2.19. The van der Waals surface area contributed by atoms with Crippen molar-refractivity contribution in [2.24, 2.45) is 0 Å². The lowest BCUT2D eigenvalue weighted by molar-refractivity contribution is 0.103. The van der Waals surface area contributed by atoms with Crippen LogP contribution in [0.4, 0.5) is 0 Å². The van der Waals surface area contributed by atoms with Gasteiger partial charge in [0.15, 0.2) is 6.29 Å². The topological polar surface area (TPSA) is 65.7 Å². The molecule has 0 saturated carbocycles. The molecule has 0 unspecified atom stereocenters. The highest BCUT2D eigenvalue weighted by atomic mass is 16.1. The summed E-state index contributed by atoms with van der Waals surface area (Å²) in [5.41, 5.74) is 3.38. The van der Waals surface area contributed by atoms with E-state index in [9.17, 15) is 9.59 Å². The summed E-state index contributed by atoms with van der Waals surface area (Å²) < 4.78 is 0. The van der Waals surface area contributed by atoms with Gasteiger partial charge in [0.25, 0.3) is 0 Å². The Hall–Kier alpha value is -2.62. The lowest BCUT2D eigenvalue weighted by Gasteiger charge is -1.95. The third-order valence-electron chi connectivity index (χ3n) is 3.19. The Balaban J connectivity index is 2.06. The maximum atomic E-state index is 12.3. The highest BCUT2D eigenvalue weighted by Crippen LogP contribution is 2.20. The molecule has 3 aromatic rings. The predicted octanol–water partition coefficient (Wildman–Crippen LogP) is 2.85. The first kappa shape index (κ1) is 11.5. The van der Waals surface area contributed by atoms with E-state index in [0.717, 1.165) is 16.5 Å². The summed E-state index contributed by atoms with van der Waals surface area (Å²) in [7, 11) is 0. The predicted molar refractivity (Wildman–Crippen MR) is 72.6 cm³/mol. The first-order valence-corrected chi connectivity index (χ1v) is 5.96. The molecule has 1 aromatic carbocycles. The number of aryl methyl sites for hydroxylation is 1. The molecule has 19 heavy (non-hydrogen) atoms. The van der Waals surface area contributed by atoms with Gasteiger partial charge in [-0.15, -0.1) is 0 Å². The number of carbonyl (C=O) groups excluding carboxylic acids is 2. The largest absolute Gasteiger partial charge is 0.352 e. The molecule has 2 N–H and O–H groups in total. The Bertz CT molecular complexity index is 780. The molecule has 94 valence electrons. The van der Waals surface area contributed by atoms with E-state index in [-0.39, 0.29) is 5.78 Å². The lowest BCUT2D eigenvalue weighted by Crippen LogP contribution is -2.02. The van der Waals surface area contributed by atoms with Crippen LogP contribution in [-0.2, 0) is 0 Å². The van der Waals surface area contributed by atoms with Crippen molar-refractivity contribution in [1.82, 2.24) is 9.97 Å². The van der Waals surface area contributed by atoms with Crippen LogP contribution in [0.2, 0.25) is 0 Å². The van der Waals surface area contributed by atoms with Crippen molar-refractivity contribution in [2.75, 3.05) is 0 Å². The number of rotatable bonds is 3. The average molecular weight is 252 g/mol. The number of aromatic nitrogens is 2. The molecule has 3 rings (SSSR count). The zero-order valence-electron chi connectivity index (χ0n) is 10.4. The molecule has 0 amide bonds. The van der Waals surface area contributed by atoms with Crippen molar-refractivity contribution in [3.8, 4) is 0 Å². The second-order valence-corrected chi connectivity index (χ2v) is 4.50. The van der Waals surface area contributed by atoms with Crippen molar-refractivity contribution >= 4 is 23.0 Å². The molecule has 0 atom stereocenters. The van der Waals surface area contributed by atoms with E-state index < -0.39 is 0 Å². The summed E-state index contributed by atoms with van der Waals surface area (Å²) in [6.45, 7) is 1.99. The summed E-state index contributed by atoms with van der Waals surface area (Å²) in [6.07, 6.45) is 0.687. The minimum atomic E-state index is -0.149. The zero-order valence-corrected chi connectivity index (χ0v) is 10.4. The Kier molecular flexibility index (Phi) is 2.56. The number of ketones is 1. The van der Waals surface area contributed by atoms with Crippen LogP contribution >= 0.6 is 0 Å². The van der Waals surface area contributed by atoms with Crippen LogP contribution in [-0.4, -0.2) is 22.0 Å². The smallest absolute Gasteiger partial charge is 0.225 e. The van der Waals surface area contributed by atoms with Gasteiger partial charge in [-0.25, -0.2) is 0 Å². The number of hydrogen-bond acceptors (Lipinski definition) is 2. The summed E-state index contributed by atoms with van der Waals surface area (Å²) in [4.78, 5) is 28.8. The maximum Gasteiger partial charge on any atom is 0.225 e. The molecule has 0 aliphatic heterocycles. The standard InChI is InChI=1S/C15H12N2O2/c1-9-3-2-4-10-7-13(17-14(9)10)15(19)12-6-5-11(8-18)16-12/h2-8,16-17H,1H3. The number of H-pyrrole nitrogens is 2. The molecular formula is C15H12N2O2. The van der Waals surface area contributed by atoms with Crippen LogP contribution in [0.3, 0.4) is 0 Å². The van der Waals surface area contributed by atoms with Gasteiger partial charge in [0.05, 0.1) is 17.1 Å². The molecule has 0 aliphatic rings. The number of aromatic amines is 2. The molecule has 0 saturated heterocycles. The molecule has 2 heterocycles. The molecule has 4 heteroatoms. The van der Waals surface area contributed by atoms with Crippen molar-refractivity contribution in [1.29, 1.82) is 0 Å². The van der Waals surface area contributed by atoms with E-state index in [4.69, 9.17) is 0 Å². The van der Waals surface area contributed by atoms with Gasteiger partial charge in [0.2, 0.25) is 5.78 Å². The summed E-state index contributed by atoms with van der Waals surface area (Å²) >= 11 is 0. The number of fused-ring (bicyclic) bond motifs is 1. The summed E-state index contributed by atoms with van der Waals surface area (Å²) in [5, 5.41) is 1.01. The molecule has 0 aliphatic carbocycles. The second kappa shape index (κ2) is 4.24. The molecule has 0 spiro atoms. The Morgan fingerprint density at radius 1 is 1.11 bits per heavy atom. The summed E-state index contributed by atoms with van der Waals surface area (Å²) in [6, 6.07) is 10.9. The molecule has 2 aromatic heterocycles. The number of nitrogens with one attached hydrogen (secondary N) is 2. The van der Waals surface area contributed by atoms with E-state index in [1.807, 2.05) is 31.2 Å². The van der Waals surface area contributed by atoms with Crippen molar-refractivity contribution in [3.63, 3.8) is 0 Å². The van der Waals surface area contributed by atoms with Crippen molar-refractivity contribution in [2.45, 2.75) is 6.92 Å². The van der Waals surface area contributed by atoms with Gasteiger partial charge in [-0.3, -0.25) is 9.59 Å². The van der Waals surface area contributed by atoms with Crippen LogP contribution < -0.4 is 0 Å². The minimum Gasteiger partial charge on any atom is -0.352 e. The Morgan fingerprint density at radius 2 is 1.95 bits per heavy atom. The van der Waals surface area contributed by atoms with Gasteiger partial charge in [-0.05, 0) is 30.7 Å². The number of carbonyl (C=O) groups is 2. The highest BCUT2D eigenvalue weighted by molar-refractivity contribution is 6.09. The fraction of sp³-hybridized carbons (Fsp3) is 0.0667. The fourth-order valence-corrected chi connectivity index (χ4v) is 2.19. The molecule has 0 fully saturated rings. The molecular weight excluding hydrogens is 240 g/mol. The van der Waals surface area contributed by atoms with E-state index >= 15 is 0 Å². The Labute approximate surface area is 109 Å². The van der Waals surface area contributed by atoms with Crippen LogP contribution in [0.15, 0.2) is 36.4 Å². The van der Waals surface area contributed by atoms with Crippen molar-refractivity contribution in [3.05, 3.63) is 59.0 Å². The van der Waals surface area contributed by atoms with E-state index in [0.29, 0.717) is 23.4 Å². The SMILES string of the molecule is Cc1cccc2cc(C(=O)c3ccc(C=O)[nH]3)[nH]c12.